The number of hydrogen-bond acceptors (Lipinski definition) is 5. The van der Waals surface area contributed by atoms with Crippen LogP contribution >= 0.6 is 11.3 Å². The summed E-state index contributed by atoms with van der Waals surface area (Å²) >= 11 is 1.49. The standard InChI is InChI=1S/C17H20N4O2S/c1-9(22)21(2)16-5-10-8-18-14(7-15(10)24-16)17(23)20-13-6-11-3-4-12(13)19-11/h5,7-8,11-13,19H,3-4,6H2,1-2H3,(H,20,23)/t11-,12+,13-/m1/s1. The summed E-state index contributed by atoms with van der Waals surface area (Å²) in [5.74, 6) is -0.137. The Labute approximate surface area is 144 Å². The lowest BCUT2D eigenvalue weighted by atomic mass is 9.95. The van der Waals surface area contributed by atoms with Crippen molar-refractivity contribution < 1.29 is 9.59 Å². The number of carbonyl (C=O) groups is 2. The van der Waals surface area contributed by atoms with Crippen LogP contribution in [0, 0.1) is 0 Å². The normalized spacial score (nSPS) is 25.2. The number of anilines is 1. The first-order valence-corrected chi connectivity index (χ1v) is 9.03. The summed E-state index contributed by atoms with van der Waals surface area (Å²) in [6.07, 6.45) is 5.05. The van der Waals surface area contributed by atoms with Gasteiger partial charge < -0.3 is 15.5 Å². The Balaban J connectivity index is 1.53. The van der Waals surface area contributed by atoms with E-state index in [0.717, 1.165) is 27.9 Å². The molecule has 7 heteroatoms. The molecule has 4 rings (SSSR count). The molecule has 2 saturated heterocycles. The molecule has 2 aromatic heterocycles. The Bertz CT molecular complexity index is 818. The predicted octanol–water partition coefficient (Wildman–Crippen LogP) is 1.90. The maximum Gasteiger partial charge on any atom is 0.270 e. The van der Waals surface area contributed by atoms with Gasteiger partial charge in [-0.05, 0) is 31.4 Å². The number of hydrogen-bond donors (Lipinski definition) is 2. The predicted molar refractivity (Wildman–Crippen MR) is 94.5 cm³/mol. The number of carbonyl (C=O) groups excluding carboxylic acids is 2. The highest BCUT2D eigenvalue weighted by molar-refractivity contribution is 7.23. The summed E-state index contributed by atoms with van der Waals surface area (Å²) in [5.41, 5.74) is 0.434. The molecule has 2 aromatic rings. The zero-order valence-corrected chi connectivity index (χ0v) is 14.5. The van der Waals surface area contributed by atoms with Gasteiger partial charge in [-0.15, -0.1) is 11.3 Å². The molecule has 3 atom stereocenters. The number of fused-ring (bicyclic) bond motifs is 3. The summed E-state index contributed by atoms with van der Waals surface area (Å²) in [6.45, 7) is 1.53. The maximum atomic E-state index is 12.5. The molecule has 0 aromatic carbocycles. The van der Waals surface area contributed by atoms with Gasteiger partial charge in [0, 0.05) is 48.4 Å². The number of rotatable bonds is 3. The first kappa shape index (κ1) is 15.5. The van der Waals surface area contributed by atoms with Crippen LogP contribution in [0.2, 0.25) is 0 Å². The molecule has 0 radical (unpaired) electrons. The third-order valence-electron chi connectivity index (χ3n) is 5.04. The van der Waals surface area contributed by atoms with Crippen LogP contribution in [0.15, 0.2) is 18.3 Å². The molecule has 2 bridgehead atoms. The van der Waals surface area contributed by atoms with Crippen LogP contribution in [0.4, 0.5) is 5.00 Å². The molecule has 0 saturated carbocycles. The maximum absolute atomic E-state index is 12.5. The minimum absolute atomic E-state index is 0.0173. The van der Waals surface area contributed by atoms with E-state index in [9.17, 15) is 9.59 Å². The van der Waals surface area contributed by atoms with Crippen molar-refractivity contribution >= 4 is 38.2 Å². The third-order valence-corrected chi connectivity index (χ3v) is 6.21. The van der Waals surface area contributed by atoms with E-state index < -0.39 is 0 Å². The van der Waals surface area contributed by atoms with E-state index in [1.165, 1.54) is 24.7 Å². The highest BCUT2D eigenvalue weighted by Gasteiger charge is 2.39. The van der Waals surface area contributed by atoms with Crippen LogP contribution < -0.4 is 15.5 Å². The number of amides is 2. The van der Waals surface area contributed by atoms with Crippen LogP contribution in [0.5, 0.6) is 0 Å². The zero-order valence-electron chi connectivity index (χ0n) is 13.7. The van der Waals surface area contributed by atoms with Crippen molar-refractivity contribution in [3.63, 3.8) is 0 Å². The Hall–Kier alpha value is -1.99. The summed E-state index contributed by atoms with van der Waals surface area (Å²) in [4.78, 5) is 29.9. The molecule has 2 amide bonds. The summed E-state index contributed by atoms with van der Waals surface area (Å²) < 4.78 is 0.962. The molecule has 2 fully saturated rings. The molecule has 2 aliphatic rings. The fourth-order valence-corrected chi connectivity index (χ4v) is 4.67. The Kier molecular flexibility index (Phi) is 3.77. The number of thiophene rings is 1. The first-order valence-electron chi connectivity index (χ1n) is 8.22. The molecule has 4 heterocycles. The monoisotopic (exact) mass is 344 g/mol. The molecule has 0 unspecified atom stereocenters. The van der Waals surface area contributed by atoms with Gasteiger partial charge in [-0.2, -0.15) is 0 Å². The second-order valence-electron chi connectivity index (χ2n) is 6.63. The largest absolute Gasteiger partial charge is 0.346 e. The van der Waals surface area contributed by atoms with E-state index in [2.05, 4.69) is 15.6 Å². The second kappa shape index (κ2) is 5.82. The average molecular weight is 344 g/mol. The Morgan fingerprint density at radius 3 is 2.88 bits per heavy atom. The minimum atomic E-state index is -0.119. The minimum Gasteiger partial charge on any atom is -0.346 e. The molecule has 2 N–H and O–H groups in total. The van der Waals surface area contributed by atoms with Gasteiger partial charge in [0.25, 0.3) is 5.91 Å². The van der Waals surface area contributed by atoms with Crippen molar-refractivity contribution in [3.05, 3.63) is 24.0 Å². The molecule has 6 nitrogen and oxygen atoms in total. The highest BCUT2D eigenvalue weighted by Crippen LogP contribution is 2.32. The lowest BCUT2D eigenvalue weighted by molar-refractivity contribution is -0.116. The lowest BCUT2D eigenvalue weighted by Crippen LogP contribution is -2.43. The topological polar surface area (TPSA) is 74.3 Å². The van der Waals surface area contributed by atoms with Gasteiger partial charge in [-0.3, -0.25) is 14.6 Å². The zero-order chi connectivity index (χ0) is 16.8. The Morgan fingerprint density at radius 2 is 2.21 bits per heavy atom. The van der Waals surface area contributed by atoms with Crippen LogP contribution in [-0.4, -0.2) is 42.0 Å². The van der Waals surface area contributed by atoms with Crippen LogP contribution in [0.1, 0.15) is 36.7 Å². The quantitative estimate of drug-likeness (QED) is 0.892. The van der Waals surface area contributed by atoms with Crippen LogP contribution in [0.3, 0.4) is 0 Å². The molecular formula is C17H20N4O2S. The molecule has 126 valence electrons. The van der Waals surface area contributed by atoms with E-state index in [1.807, 2.05) is 12.1 Å². The average Bonchev–Trinajstić information content (AvgIpc) is 3.27. The van der Waals surface area contributed by atoms with Gasteiger partial charge in [-0.1, -0.05) is 0 Å². The summed E-state index contributed by atoms with van der Waals surface area (Å²) in [5, 5.41) is 8.44. The fourth-order valence-electron chi connectivity index (χ4n) is 3.59. The molecular weight excluding hydrogens is 324 g/mol. The summed E-state index contributed by atoms with van der Waals surface area (Å²) in [6, 6.07) is 4.90. The lowest BCUT2D eigenvalue weighted by Gasteiger charge is -2.21. The number of nitrogens with zero attached hydrogens (tertiary/aromatic N) is 2. The van der Waals surface area contributed by atoms with Gasteiger partial charge in [-0.25, -0.2) is 0 Å². The smallest absolute Gasteiger partial charge is 0.270 e. The second-order valence-corrected chi connectivity index (χ2v) is 7.70. The van der Waals surface area contributed by atoms with Crippen molar-refractivity contribution in [2.45, 2.75) is 44.3 Å². The number of pyridine rings is 1. The molecule has 24 heavy (non-hydrogen) atoms. The van der Waals surface area contributed by atoms with E-state index in [4.69, 9.17) is 0 Å². The highest BCUT2D eigenvalue weighted by atomic mass is 32.1. The molecule has 2 aliphatic heterocycles. The SMILES string of the molecule is CC(=O)N(C)c1cc2cnc(C(=O)N[C@@H]3C[C@H]4CC[C@@H]3N4)cc2s1. The fraction of sp³-hybridized carbons (Fsp3) is 0.471. The molecule has 0 aliphatic carbocycles. The number of aromatic nitrogens is 1. The summed E-state index contributed by atoms with van der Waals surface area (Å²) in [7, 11) is 1.75. The van der Waals surface area contributed by atoms with Crippen LogP contribution in [0.25, 0.3) is 10.1 Å². The third kappa shape index (κ3) is 2.67. The van der Waals surface area contributed by atoms with Crippen molar-refractivity contribution in [2.24, 2.45) is 0 Å². The van der Waals surface area contributed by atoms with E-state index in [0.29, 0.717) is 17.8 Å². The van der Waals surface area contributed by atoms with Gasteiger partial charge in [0.15, 0.2) is 0 Å². The molecule has 0 spiro atoms. The van der Waals surface area contributed by atoms with E-state index in [1.54, 1.807) is 18.1 Å². The van der Waals surface area contributed by atoms with Crippen molar-refractivity contribution in [1.29, 1.82) is 0 Å². The van der Waals surface area contributed by atoms with E-state index >= 15 is 0 Å². The van der Waals surface area contributed by atoms with Crippen molar-refractivity contribution in [2.75, 3.05) is 11.9 Å². The van der Waals surface area contributed by atoms with Gasteiger partial charge >= 0.3 is 0 Å². The first-order chi connectivity index (χ1) is 11.5. The van der Waals surface area contributed by atoms with Crippen molar-refractivity contribution in [1.82, 2.24) is 15.6 Å². The van der Waals surface area contributed by atoms with E-state index in [-0.39, 0.29) is 17.9 Å². The Morgan fingerprint density at radius 1 is 1.38 bits per heavy atom. The van der Waals surface area contributed by atoms with Gasteiger partial charge in [0.1, 0.15) is 5.69 Å². The van der Waals surface area contributed by atoms with Crippen LogP contribution in [-0.2, 0) is 4.79 Å². The van der Waals surface area contributed by atoms with Gasteiger partial charge in [0.05, 0.1) is 5.00 Å². The van der Waals surface area contributed by atoms with Crippen molar-refractivity contribution in [3.8, 4) is 0 Å². The number of nitrogens with one attached hydrogen (secondary N) is 2. The van der Waals surface area contributed by atoms with Gasteiger partial charge in [0.2, 0.25) is 5.91 Å².